The van der Waals surface area contributed by atoms with Crippen molar-refractivity contribution in [1.29, 1.82) is 0 Å². The molecule has 2 aliphatic rings. The maximum atomic E-state index is 11.9. The SMILES string of the molecule is O=C(O)C1CN(C(=O)CCc2ccc3c(c2)OCO3)C1. The minimum atomic E-state index is -0.829. The van der Waals surface area contributed by atoms with Crippen molar-refractivity contribution in [2.75, 3.05) is 19.9 Å². The van der Waals surface area contributed by atoms with Gasteiger partial charge in [-0.3, -0.25) is 9.59 Å². The number of benzene rings is 1. The standard InChI is InChI=1S/C14H15NO5/c16-13(15-6-10(7-15)14(17)18)4-2-9-1-3-11-12(5-9)20-8-19-11/h1,3,5,10H,2,4,6-8H2,(H,17,18). The molecule has 6 heteroatoms. The summed E-state index contributed by atoms with van der Waals surface area (Å²) in [5.41, 5.74) is 1.01. The second-order valence-corrected chi connectivity index (χ2v) is 5.02. The first-order valence-electron chi connectivity index (χ1n) is 6.52. The van der Waals surface area contributed by atoms with Gasteiger partial charge in [-0.1, -0.05) is 6.07 Å². The summed E-state index contributed by atoms with van der Waals surface area (Å²) >= 11 is 0. The topological polar surface area (TPSA) is 76.1 Å². The molecule has 0 bridgehead atoms. The molecule has 2 aliphatic heterocycles. The highest BCUT2D eigenvalue weighted by molar-refractivity contribution is 5.81. The van der Waals surface area contributed by atoms with Gasteiger partial charge in [0.1, 0.15) is 0 Å². The quantitative estimate of drug-likeness (QED) is 0.884. The Kier molecular flexibility index (Phi) is 3.22. The number of likely N-dealkylation sites (tertiary alicyclic amines) is 1. The van der Waals surface area contributed by atoms with Gasteiger partial charge in [-0.05, 0) is 24.1 Å². The molecule has 1 aromatic carbocycles. The summed E-state index contributed by atoms with van der Waals surface area (Å²) in [5, 5.41) is 8.77. The minimum Gasteiger partial charge on any atom is -0.481 e. The molecule has 6 nitrogen and oxygen atoms in total. The summed E-state index contributed by atoms with van der Waals surface area (Å²) in [4.78, 5) is 24.1. The Morgan fingerprint density at radius 2 is 2.00 bits per heavy atom. The van der Waals surface area contributed by atoms with Crippen LogP contribution in [0.2, 0.25) is 0 Å². The Bertz CT molecular complexity index is 550. The van der Waals surface area contributed by atoms with Crippen molar-refractivity contribution in [2.24, 2.45) is 5.92 Å². The highest BCUT2D eigenvalue weighted by Gasteiger charge is 2.35. The molecule has 3 rings (SSSR count). The molecule has 0 radical (unpaired) electrons. The van der Waals surface area contributed by atoms with E-state index in [1.165, 1.54) is 0 Å². The number of fused-ring (bicyclic) bond motifs is 1. The second kappa shape index (κ2) is 5.03. The van der Waals surface area contributed by atoms with Crippen LogP contribution in [0, 0.1) is 5.92 Å². The molecular formula is C14H15NO5. The highest BCUT2D eigenvalue weighted by Crippen LogP contribution is 2.32. The zero-order valence-corrected chi connectivity index (χ0v) is 10.9. The van der Waals surface area contributed by atoms with Crippen LogP contribution >= 0.6 is 0 Å². The van der Waals surface area contributed by atoms with E-state index in [4.69, 9.17) is 14.6 Å². The lowest BCUT2D eigenvalue weighted by Gasteiger charge is -2.36. The van der Waals surface area contributed by atoms with Gasteiger partial charge >= 0.3 is 5.97 Å². The number of ether oxygens (including phenoxy) is 2. The Hall–Kier alpha value is -2.24. The van der Waals surface area contributed by atoms with Gasteiger partial charge in [-0.15, -0.1) is 0 Å². The van der Waals surface area contributed by atoms with E-state index in [1.54, 1.807) is 4.90 Å². The van der Waals surface area contributed by atoms with Gasteiger partial charge in [0, 0.05) is 19.5 Å². The third-order valence-electron chi connectivity index (χ3n) is 3.65. The Labute approximate surface area is 115 Å². The van der Waals surface area contributed by atoms with E-state index in [1.807, 2.05) is 18.2 Å². The monoisotopic (exact) mass is 277 g/mol. The molecule has 1 saturated heterocycles. The molecule has 106 valence electrons. The minimum absolute atomic E-state index is 0.000154. The van der Waals surface area contributed by atoms with E-state index in [2.05, 4.69) is 0 Å². The van der Waals surface area contributed by atoms with Crippen molar-refractivity contribution in [1.82, 2.24) is 4.90 Å². The number of carbonyl (C=O) groups excluding carboxylic acids is 1. The van der Waals surface area contributed by atoms with Crippen molar-refractivity contribution in [3.8, 4) is 11.5 Å². The fourth-order valence-corrected chi connectivity index (χ4v) is 2.34. The molecule has 0 atom stereocenters. The van der Waals surface area contributed by atoms with E-state index in [-0.39, 0.29) is 12.7 Å². The van der Waals surface area contributed by atoms with E-state index in [0.717, 1.165) is 11.3 Å². The fraction of sp³-hybridized carbons (Fsp3) is 0.429. The largest absolute Gasteiger partial charge is 0.481 e. The van der Waals surface area contributed by atoms with Crippen LogP contribution in [0.1, 0.15) is 12.0 Å². The van der Waals surface area contributed by atoms with Crippen LogP contribution in [0.4, 0.5) is 0 Å². The molecule has 0 aliphatic carbocycles. The second-order valence-electron chi connectivity index (χ2n) is 5.02. The number of hydrogen-bond donors (Lipinski definition) is 1. The summed E-state index contributed by atoms with van der Waals surface area (Å²) in [7, 11) is 0. The number of carbonyl (C=O) groups is 2. The number of aryl methyl sites for hydroxylation is 1. The average molecular weight is 277 g/mol. The fourth-order valence-electron chi connectivity index (χ4n) is 2.34. The van der Waals surface area contributed by atoms with Crippen molar-refractivity contribution >= 4 is 11.9 Å². The van der Waals surface area contributed by atoms with Gasteiger partial charge < -0.3 is 19.5 Å². The van der Waals surface area contributed by atoms with Gasteiger partial charge in [0.2, 0.25) is 12.7 Å². The maximum absolute atomic E-state index is 11.9. The normalized spacial score (nSPS) is 16.9. The van der Waals surface area contributed by atoms with Crippen LogP contribution in [0.15, 0.2) is 18.2 Å². The third-order valence-corrected chi connectivity index (χ3v) is 3.65. The van der Waals surface area contributed by atoms with Crippen molar-refractivity contribution in [3.63, 3.8) is 0 Å². The van der Waals surface area contributed by atoms with Crippen LogP contribution in [0.25, 0.3) is 0 Å². The van der Waals surface area contributed by atoms with Crippen molar-refractivity contribution < 1.29 is 24.2 Å². The van der Waals surface area contributed by atoms with Gasteiger partial charge in [-0.25, -0.2) is 0 Å². The lowest BCUT2D eigenvalue weighted by molar-refractivity contribution is -0.152. The van der Waals surface area contributed by atoms with Crippen LogP contribution in [0.3, 0.4) is 0 Å². The van der Waals surface area contributed by atoms with Crippen LogP contribution in [0.5, 0.6) is 11.5 Å². The number of carboxylic acid groups (broad SMARTS) is 1. The Morgan fingerprint density at radius 3 is 2.75 bits per heavy atom. The number of hydrogen-bond acceptors (Lipinski definition) is 4. The molecule has 2 heterocycles. The summed E-state index contributed by atoms with van der Waals surface area (Å²) in [6.45, 7) is 0.896. The number of carboxylic acids is 1. The molecule has 0 unspecified atom stereocenters. The van der Waals surface area contributed by atoms with Gasteiger partial charge in [0.25, 0.3) is 0 Å². The van der Waals surface area contributed by atoms with Crippen LogP contribution in [-0.2, 0) is 16.0 Å². The first kappa shape index (κ1) is 12.8. The predicted molar refractivity (Wildman–Crippen MR) is 68.6 cm³/mol. The zero-order chi connectivity index (χ0) is 14.1. The lowest BCUT2D eigenvalue weighted by atomic mass is 9.99. The van der Waals surface area contributed by atoms with E-state index in [9.17, 15) is 9.59 Å². The van der Waals surface area contributed by atoms with E-state index < -0.39 is 11.9 Å². The smallest absolute Gasteiger partial charge is 0.310 e. The average Bonchev–Trinajstić information content (AvgIpc) is 2.81. The lowest BCUT2D eigenvalue weighted by Crippen LogP contribution is -2.53. The van der Waals surface area contributed by atoms with Crippen molar-refractivity contribution in [3.05, 3.63) is 23.8 Å². The van der Waals surface area contributed by atoms with Gasteiger partial charge in [0.05, 0.1) is 5.92 Å². The molecular weight excluding hydrogens is 262 g/mol. The van der Waals surface area contributed by atoms with Gasteiger partial charge in [-0.2, -0.15) is 0 Å². The Balaban J connectivity index is 1.50. The van der Waals surface area contributed by atoms with E-state index >= 15 is 0 Å². The number of nitrogens with zero attached hydrogens (tertiary/aromatic N) is 1. The molecule has 20 heavy (non-hydrogen) atoms. The molecule has 0 saturated carbocycles. The first-order chi connectivity index (χ1) is 9.63. The highest BCUT2D eigenvalue weighted by atomic mass is 16.7. The maximum Gasteiger partial charge on any atom is 0.310 e. The first-order valence-corrected chi connectivity index (χ1v) is 6.52. The summed E-state index contributed by atoms with van der Waals surface area (Å²) in [5.74, 6) is 0.214. The van der Waals surface area contributed by atoms with Crippen LogP contribution < -0.4 is 9.47 Å². The zero-order valence-electron chi connectivity index (χ0n) is 10.9. The molecule has 1 amide bonds. The summed E-state index contributed by atoms with van der Waals surface area (Å²) < 4.78 is 10.5. The summed E-state index contributed by atoms with van der Waals surface area (Å²) in [6, 6.07) is 5.63. The summed E-state index contributed by atoms with van der Waals surface area (Å²) in [6.07, 6.45) is 0.996. The number of aliphatic carboxylic acids is 1. The molecule has 1 fully saturated rings. The number of amides is 1. The molecule has 0 spiro atoms. The Morgan fingerprint density at radius 1 is 1.25 bits per heavy atom. The van der Waals surface area contributed by atoms with Crippen LogP contribution in [-0.4, -0.2) is 41.8 Å². The molecule has 0 aromatic heterocycles. The van der Waals surface area contributed by atoms with Gasteiger partial charge in [0.15, 0.2) is 11.5 Å². The van der Waals surface area contributed by atoms with Crippen molar-refractivity contribution in [2.45, 2.75) is 12.8 Å². The third kappa shape index (κ3) is 2.41. The van der Waals surface area contributed by atoms with E-state index in [0.29, 0.717) is 31.7 Å². The number of rotatable bonds is 4. The molecule has 1 aromatic rings. The molecule has 1 N–H and O–H groups in total. The predicted octanol–water partition coefficient (Wildman–Crippen LogP) is 0.891.